The first kappa shape index (κ1) is 14.9. The number of aromatic nitrogens is 1. The van der Waals surface area contributed by atoms with Crippen molar-refractivity contribution in [2.24, 2.45) is 0 Å². The smallest absolute Gasteiger partial charge is 0.363 e. The average molecular weight is 308 g/mol. The molecule has 1 heterocycles. The Balaban J connectivity index is 2.11. The summed E-state index contributed by atoms with van der Waals surface area (Å²) in [6, 6.07) is 8.90. The zero-order valence-electron chi connectivity index (χ0n) is 10.8. The van der Waals surface area contributed by atoms with Crippen LogP contribution in [0.5, 0.6) is 0 Å². The maximum Gasteiger partial charge on any atom is 0.363 e. The molecule has 0 bridgehead atoms. The highest BCUT2D eigenvalue weighted by atomic mass is 32.2. The fourth-order valence-corrected chi connectivity index (χ4v) is 2.50. The van der Waals surface area contributed by atoms with Crippen LogP contribution in [0.25, 0.3) is 0 Å². The Labute approximate surface area is 120 Å². The molecule has 0 saturated carbocycles. The molecule has 110 valence electrons. The molecule has 2 aromatic rings. The minimum absolute atomic E-state index is 0.0829. The summed E-state index contributed by atoms with van der Waals surface area (Å²) >= 11 is 0. The van der Waals surface area contributed by atoms with E-state index in [1.165, 1.54) is 0 Å². The minimum Gasteiger partial charge on any atom is -0.399 e. The van der Waals surface area contributed by atoms with E-state index in [1.807, 2.05) is 0 Å². The number of hydrogen-bond acceptors (Lipinski definition) is 6. The standard InChI is InChI=1S/C12H12N4O4S/c13-10-3-1-9(2-4-10)7-15-21(19,20)11-5-6-12(14-8-11)16(17)18/h1-6,8,15H,7,13H2. The van der Waals surface area contributed by atoms with E-state index in [-0.39, 0.29) is 11.4 Å². The molecule has 0 atom stereocenters. The molecule has 0 aliphatic carbocycles. The summed E-state index contributed by atoms with van der Waals surface area (Å²) < 4.78 is 26.4. The molecule has 0 saturated heterocycles. The zero-order chi connectivity index (χ0) is 15.5. The lowest BCUT2D eigenvalue weighted by molar-refractivity contribution is -0.389. The van der Waals surface area contributed by atoms with Crippen molar-refractivity contribution >= 4 is 21.5 Å². The molecule has 0 amide bonds. The summed E-state index contributed by atoms with van der Waals surface area (Å²) in [6.07, 6.45) is 0.948. The van der Waals surface area contributed by atoms with Gasteiger partial charge in [0.15, 0.2) is 6.20 Å². The number of benzene rings is 1. The summed E-state index contributed by atoms with van der Waals surface area (Å²) in [4.78, 5) is 13.1. The molecule has 0 unspecified atom stereocenters. The highest BCUT2D eigenvalue weighted by molar-refractivity contribution is 7.89. The fraction of sp³-hybridized carbons (Fsp3) is 0.0833. The van der Waals surface area contributed by atoms with E-state index in [0.717, 1.165) is 23.9 Å². The molecule has 9 heteroatoms. The first-order valence-corrected chi connectivity index (χ1v) is 7.31. The molecule has 0 aliphatic heterocycles. The lowest BCUT2D eigenvalue weighted by Crippen LogP contribution is -2.23. The topological polar surface area (TPSA) is 128 Å². The lowest BCUT2D eigenvalue weighted by Gasteiger charge is -2.06. The van der Waals surface area contributed by atoms with Gasteiger partial charge in [-0.25, -0.2) is 13.1 Å². The van der Waals surface area contributed by atoms with E-state index in [9.17, 15) is 18.5 Å². The Morgan fingerprint density at radius 1 is 1.19 bits per heavy atom. The molecule has 8 nitrogen and oxygen atoms in total. The monoisotopic (exact) mass is 308 g/mol. The maximum atomic E-state index is 12.0. The number of nitrogens with zero attached hydrogens (tertiary/aromatic N) is 2. The molecule has 0 fully saturated rings. The molecule has 1 aromatic heterocycles. The van der Waals surface area contributed by atoms with Crippen molar-refractivity contribution in [2.75, 3.05) is 5.73 Å². The van der Waals surface area contributed by atoms with Crippen LogP contribution < -0.4 is 10.5 Å². The van der Waals surface area contributed by atoms with Gasteiger partial charge in [-0.3, -0.25) is 0 Å². The van der Waals surface area contributed by atoms with Crippen LogP contribution in [-0.2, 0) is 16.6 Å². The summed E-state index contributed by atoms with van der Waals surface area (Å²) in [7, 11) is -3.78. The molecule has 0 spiro atoms. The van der Waals surface area contributed by atoms with Gasteiger partial charge in [0, 0.05) is 18.3 Å². The van der Waals surface area contributed by atoms with Gasteiger partial charge in [0.25, 0.3) is 0 Å². The molecular weight excluding hydrogens is 296 g/mol. The van der Waals surface area contributed by atoms with Gasteiger partial charge in [0.1, 0.15) is 4.90 Å². The van der Waals surface area contributed by atoms with Gasteiger partial charge in [-0.2, -0.15) is 0 Å². The summed E-state index contributed by atoms with van der Waals surface area (Å²) in [5.74, 6) is -0.410. The van der Waals surface area contributed by atoms with E-state index in [1.54, 1.807) is 24.3 Å². The SMILES string of the molecule is Nc1ccc(CNS(=O)(=O)c2ccc([N+](=O)[O-])nc2)cc1. The van der Waals surface area contributed by atoms with Gasteiger partial charge >= 0.3 is 5.82 Å². The Hall–Kier alpha value is -2.52. The van der Waals surface area contributed by atoms with Gasteiger partial charge < -0.3 is 15.8 Å². The van der Waals surface area contributed by atoms with Crippen LogP contribution in [0.1, 0.15) is 5.56 Å². The zero-order valence-corrected chi connectivity index (χ0v) is 11.6. The molecular formula is C12H12N4O4S. The van der Waals surface area contributed by atoms with Crippen molar-refractivity contribution in [1.29, 1.82) is 0 Å². The van der Waals surface area contributed by atoms with Crippen LogP contribution in [0.15, 0.2) is 47.5 Å². The van der Waals surface area contributed by atoms with E-state index in [0.29, 0.717) is 5.69 Å². The van der Waals surface area contributed by atoms with E-state index in [2.05, 4.69) is 9.71 Å². The molecule has 0 aliphatic rings. The molecule has 2 rings (SSSR count). The normalized spacial score (nSPS) is 11.2. The second-order valence-corrected chi connectivity index (χ2v) is 5.94. The maximum absolute atomic E-state index is 12.0. The Morgan fingerprint density at radius 3 is 2.38 bits per heavy atom. The van der Waals surface area contributed by atoms with Crippen molar-refractivity contribution in [3.8, 4) is 0 Å². The Morgan fingerprint density at radius 2 is 1.86 bits per heavy atom. The van der Waals surface area contributed by atoms with Crippen molar-refractivity contribution < 1.29 is 13.3 Å². The quantitative estimate of drug-likeness (QED) is 0.482. The van der Waals surface area contributed by atoms with Crippen molar-refractivity contribution in [2.45, 2.75) is 11.4 Å². The second kappa shape index (κ2) is 5.85. The highest BCUT2D eigenvalue weighted by Gasteiger charge is 2.17. The van der Waals surface area contributed by atoms with Gasteiger partial charge in [0.05, 0.1) is 0 Å². The lowest BCUT2D eigenvalue weighted by atomic mass is 10.2. The number of nitrogens with one attached hydrogen (secondary N) is 1. The number of pyridine rings is 1. The van der Waals surface area contributed by atoms with Crippen LogP contribution in [0, 0.1) is 10.1 Å². The first-order chi connectivity index (χ1) is 9.88. The first-order valence-electron chi connectivity index (χ1n) is 5.83. The van der Waals surface area contributed by atoms with Gasteiger partial charge in [-0.05, 0) is 33.7 Å². The predicted molar refractivity (Wildman–Crippen MR) is 75.8 cm³/mol. The number of anilines is 1. The van der Waals surface area contributed by atoms with Gasteiger partial charge in [0.2, 0.25) is 10.0 Å². The van der Waals surface area contributed by atoms with Crippen LogP contribution in [0.2, 0.25) is 0 Å². The van der Waals surface area contributed by atoms with Crippen molar-refractivity contribution in [3.05, 3.63) is 58.3 Å². The number of hydrogen-bond donors (Lipinski definition) is 2. The number of sulfonamides is 1. The number of nitrogen functional groups attached to an aromatic ring is 1. The van der Waals surface area contributed by atoms with Crippen molar-refractivity contribution in [1.82, 2.24) is 9.71 Å². The number of rotatable bonds is 5. The molecule has 21 heavy (non-hydrogen) atoms. The average Bonchev–Trinajstić information content (AvgIpc) is 2.47. The third kappa shape index (κ3) is 3.74. The van der Waals surface area contributed by atoms with E-state index < -0.39 is 20.8 Å². The number of nitro groups is 1. The number of nitrogens with two attached hydrogens (primary N) is 1. The van der Waals surface area contributed by atoms with Crippen LogP contribution in [0.4, 0.5) is 11.5 Å². The largest absolute Gasteiger partial charge is 0.399 e. The third-order valence-corrected chi connectivity index (χ3v) is 4.05. The van der Waals surface area contributed by atoms with Gasteiger partial charge in [-0.15, -0.1) is 0 Å². The van der Waals surface area contributed by atoms with E-state index in [4.69, 9.17) is 5.73 Å². The third-order valence-electron chi connectivity index (χ3n) is 2.66. The molecule has 0 radical (unpaired) electrons. The fourth-order valence-electron chi connectivity index (χ4n) is 1.54. The summed E-state index contributed by atoms with van der Waals surface area (Å²) in [5, 5.41) is 10.5. The summed E-state index contributed by atoms with van der Waals surface area (Å²) in [5.41, 5.74) is 6.86. The Kier molecular flexibility index (Phi) is 4.15. The van der Waals surface area contributed by atoms with Crippen LogP contribution in [-0.4, -0.2) is 18.3 Å². The Bertz CT molecular complexity index is 742. The van der Waals surface area contributed by atoms with Crippen LogP contribution >= 0.6 is 0 Å². The predicted octanol–water partition coefficient (Wildman–Crippen LogP) is 1.05. The van der Waals surface area contributed by atoms with Crippen LogP contribution in [0.3, 0.4) is 0 Å². The molecule has 3 N–H and O–H groups in total. The van der Waals surface area contributed by atoms with Crippen molar-refractivity contribution in [3.63, 3.8) is 0 Å². The molecule has 1 aromatic carbocycles. The summed E-state index contributed by atoms with van der Waals surface area (Å²) in [6.45, 7) is 0.0829. The van der Waals surface area contributed by atoms with Gasteiger partial charge in [-0.1, -0.05) is 12.1 Å². The highest BCUT2D eigenvalue weighted by Crippen LogP contribution is 2.13. The minimum atomic E-state index is -3.78. The van der Waals surface area contributed by atoms with E-state index >= 15 is 0 Å². The second-order valence-electron chi connectivity index (χ2n) is 4.18.